The number of nitrogens with zero attached hydrogens (tertiary/aromatic N) is 1. The minimum Gasteiger partial charge on any atom is -0.493 e. The van der Waals surface area contributed by atoms with Crippen molar-refractivity contribution in [3.05, 3.63) is 59.2 Å². The van der Waals surface area contributed by atoms with Gasteiger partial charge in [0, 0.05) is 5.56 Å². The molecule has 1 aliphatic rings. The molecule has 4 amide bonds. The SMILES string of the molecule is CCc1ccccc1N1C(=O)NC(=O)/C(=C\c2cccc(OC)c2O[C@H](C)C(=O)O)C1=O. The second-order valence-corrected chi connectivity index (χ2v) is 6.92. The number of urea groups is 1. The lowest BCUT2D eigenvalue weighted by Gasteiger charge is -2.28. The monoisotopic (exact) mass is 438 g/mol. The van der Waals surface area contributed by atoms with Gasteiger partial charge in [-0.2, -0.15) is 0 Å². The van der Waals surface area contributed by atoms with Crippen molar-refractivity contribution in [2.45, 2.75) is 26.4 Å². The van der Waals surface area contributed by atoms with Gasteiger partial charge in [-0.1, -0.05) is 37.3 Å². The van der Waals surface area contributed by atoms with Crippen molar-refractivity contribution >= 4 is 35.6 Å². The molecule has 0 aliphatic carbocycles. The van der Waals surface area contributed by atoms with E-state index in [2.05, 4.69) is 5.32 Å². The van der Waals surface area contributed by atoms with Crippen LogP contribution in [0.3, 0.4) is 0 Å². The number of imide groups is 2. The molecule has 0 unspecified atom stereocenters. The minimum atomic E-state index is -1.21. The van der Waals surface area contributed by atoms with E-state index in [0.717, 1.165) is 10.5 Å². The Balaban J connectivity index is 2.10. The molecular weight excluding hydrogens is 416 g/mol. The summed E-state index contributed by atoms with van der Waals surface area (Å²) in [5, 5.41) is 11.4. The molecule has 1 aliphatic heterocycles. The first kappa shape index (κ1) is 22.5. The van der Waals surface area contributed by atoms with Gasteiger partial charge in [0.05, 0.1) is 12.8 Å². The fraction of sp³-hybridized carbons (Fsp3) is 0.217. The standard InChI is InChI=1S/C23H22N2O7/c1-4-14-8-5-6-10-17(14)25-21(27)16(20(26)24-23(25)30)12-15-9-7-11-18(31-3)19(15)32-13(2)22(28)29/h5-13H,4H2,1-3H3,(H,28,29)(H,24,26,30)/b16-12+/t13-/m1/s1. The van der Waals surface area contributed by atoms with Crippen LogP contribution in [-0.4, -0.2) is 42.1 Å². The van der Waals surface area contributed by atoms with Gasteiger partial charge in [-0.25, -0.2) is 14.5 Å². The number of barbiturate groups is 1. The zero-order valence-electron chi connectivity index (χ0n) is 17.7. The average Bonchev–Trinajstić information content (AvgIpc) is 2.77. The van der Waals surface area contributed by atoms with Crippen molar-refractivity contribution in [3.63, 3.8) is 0 Å². The number of methoxy groups -OCH3 is 1. The maximum absolute atomic E-state index is 13.2. The molecule has 1 fully saturated rings. The molecule has 2 aromatic carbocycles. The van der Waals surface area contributed by atoms with E-state index >= 15 is 0 Å². The van der Waals surface area contributed by atoms with Crippen LogP contribution in [0, 0.1) is 0 Å². The maximum atomic E-state index is 13.2. The number of hydrogen-bond donors (Lipinski definition) is 2. The first-order chi connectivity index (χ1) is 15.3. The number of rotatable bonds is 7. The van der Waals surface area contributed by atoms with Crippen LogP contribution in [0.4, 0.5) is 10.5 Å². The molecule has 1 heterocycles. The highest BCUT2D eigenvalue weighted by Gasteiger charge is 2.37. The van der Waals surface area contributed by atoms with E-state index in [1.54, 1.807) is 42.5 Å². The van der Waals surface area contributed by atoms with Gasteiger partial charge in [-0.3, -0.25) is 14.9 Å². The van der Waals surface area contributed by atoms with Crippen LogP contribution in [0.5, 0.6) is 11.5 Å². The van der Waals surface area contributed by atoms with Gasteiger partial charge in [0.15, 0.2) is 17.6 Å². The van der Waals surface area contributed by atoms with Gasteiger partial charge in [-0.15, -0.1) is 0 Å². The number of nitrogens with one attached hydrogen (secondary N) is 1. The highest BCUT2D eigenvalue weighted by atomic mass is 16.5. The number of carboxylic acids is 1. The second kappa shape index (κ2) is 9.34. The van der Waals surface area contributed by atoms with Crippen molar-refractivity contribution < 1.29 is 33.8 Å². The highest BCUT2D eigenvalue weighted by Crippen LogP contribution is 2.34. The molecule has 1 saturated heterocycles. The lowest BCUT2D eigenvalue weighted by Crippen LogP contribution is -2.54. The maximum Gasteiger partial charge on any atom is 0.344 e. The Hall–Kier alpha value is -4.14. The topological polar surface area (TPSA) is 122 Å². The van der Waals surface area contributed by atoms with Crippen molar-refractivity contribution in [1.29, 1.82) is 0 Å². The van der Waals surface area contributed by atoms with Crippen molar-refractivity contribution in [2.24, 2.45) is 0 Å². The Morgan fingerprint density at radius 1 is 1.16 bits per heavy atom. The predicted molar refractivity (Wildman–Crippen MR) is 116 cm³/mol. The third-order valence-corrected chi connectivity index (χ3v) is 4.89. The third-order valence-electron chi connectivity index (χ3n) is 4.89. The van der Waals surface area contributed by atoms with Gasteiger partial charge >= 0.3 is 12.0 Å². The summed E-state index contributed by atoms with van der Waals surface area (Å²) in [5.74, 6) is -2.60. The number of carbonyl (C=O) groups excluding carboxylic acids is 3. The summed E-state index contributed by atoms with van der Waals surface area (Å²) in [6.45, 7) is 3.22. The van der Waals surface area contributed by atoms with Crippen LogP contribution in [0.2, 0.25) is 0 Å². The summed E-state index contributed by atoms with van der Waals surface area (Å²) in [6.07, 6.45) is 0.605. The van der Waals surface area contributed by atoms with Crippen LogP contribution in [0.1, 0.15) is 25.0 Å². The summed E-state index contributed by atoms with van der Waals surface area (Å²) in [6, 6.07) is 10.7. The van der Waals surface area contributed by atoms with Crippen LogP contribution in [0.15, 0.2) is 48.0 Å². The number of carbonyl (C=O) groups is 4. The quantitative estimate of drug-likeness (QED) is 0.503. The van der Waals surface area contributed by atoms with Crippen LogP contribution in [-0.2, 0) is 20.8 Å². The molecule has 9 nitrogen and oxygen atoms in total. The molecule has 2 aromatic rings. The van der Waals surface area contributed by atoms with Gasteiger partial charge in [0.1, 0.15) is 5.57 Å². The zero-order valence-corrected chi connectivity index (χ0v) is 17.7. The van der Waals surface area contributed by atoms with E-state index in [1.807, 2.05) is 6.92 Å². The fourth-order valence-electron chi connectivity index (χ4n) is 3.22. The van der Waals surface area contributed by atoms with Crippen LogP contribution in [0.25, 0.3) is 6.08 Å². The Morgan fingerprint density at radius 2 is 1.88 bits per heavy atom. The number of carboxylic acid groups (broad SMARTS) is 1. The van der Waals surface area contributed by atoms with Gasteiger partial charge in [0.25, 0.3) is 11.8 Å². The van der Waals surface area contributed by atoms with Crippen molar-refractivity contribution in [3.8, 4) is 11.5 Å². The number of para-hydroxylation sites is 2. The minimum absolute atomic E-state index is 0.0513. The zero-order chi connectivity index (χ0) is 23.4. The van der Waals surface area contributed by atoms with Crippen LogP contribution < -0.4 is 19.7 Å². The number of benzene rings is 2. The van der Waals surface area contributed by atoms with E-state index in [-0.39, 0.29) is 22.6 Å². The molecule has 0 radical (unpaired) electrons. The highest BCUT2D eigenvalue weighted by molar-refractivity contribution is 6.39. The average molecular weight is 438 g/mol. The lowest BCUT2D eigenvalue weighted by molar-refractivity contribution is -0.144. The molecule has 0 bridgehead atoms. The van der Waals surface area contributed by atoms with E-state index in [4.69, 9.17) is 9.47 Å². The van der Waals surface area contributed by atoms with Gasteiger partial charge < -0.3 is 14.6 Å². The van der Waals surface area contributed by atoms with Gasteiger partial charge in [-0.05, 0) is 37.1 Å². The molecular formula is C23H22N2O7. The molecule has 3 rings (SSSR count). The third kappa shape index (κ3) is 4.31. The summed E-state index contributed by atoms with van der Waals surface area (Å²) in [5.41, 5.74) is 1.06. The number of ether oxygens (including phenoxy) is 2. The molecule has 0 saturated carbocycles. The molecule has 9 heteroatoms. The number of hydrogen-bond acceptors (Lipinski definition) is 6. The lowest BCUT2D eigenvalue weighted by atomic mass is 10.0. The second-order valence-electron chi connectivity index (χ2n) is 6.92. The van der Waals surface area contributed by atoms with E-state index in [0.29, 0.717) is 12.1 Å². The van der Waals surface area contributed by atoms with E-state index < -0.39 is 29.9 Å². The number of anilines is 1. The Morgan fingerprint density at radius 3 is 2.53 bits per heavy atom. The Bertz CT molecular complexity index is 1120. The molecule has 1 atom stereocenters. The summed E-state index contributed by atoms with van der Waals surface area (Å²) in [4.78, 5) is 50.4. The molecule has 32 heavy (non-hydrogen) atoms. The summed E-state index contributed by atoms with van der Waals surface area (Å²) < 4.78 is 10.8. The molecule has 0 aromatic heterocycles. The van der Waals surface area contributed by atoms with Gasteiger partial charge in [0.2, 0.25) is 0 Å². The normalized spacial score (nSPS) is 16.0. The summed E-state index contributed by atoms with van der Waals surface area (Å²) >= 11 is 0. The predicted octanol–water partition coefficient (Wildman–Crippen LogP) is 2.78. The van der Waals surface area contributed by atoms with E-state index in [9.17, 15) is 24.3 Å². The number of aryl methyl sites for hydroxylation is 1. The van der Waals surface area contributed by atoms with E-state index in [1.165, 1.54) is 20.1 Å². The molecule has 0 spiro atoms. The number of amides is 4. The van der Waals surface area contributed by atoms with Crippen molar-refractivity contribution in [2.75, 3.05) is 12.0 Å². The fourth-order valence-corrected chi connectivity index (χ4v) is 3.22. The number of aliphatic carboxylic acids is 1. The van der Waals surface area contributed by atoms with Crippen molar-refractivity contribution in [1.82, 2.24) is 5.32 Å². The first-order valence-corrected chi connectivity index (χ1v) is 9.84. The molecule has 2 N–H and O–H groups in total. The molecule has 166 valence electrons. The largest absolute Gasteiger partial charge is 0.493 e. The summed E-state index contributed by atoms with van der Waals surface area (Å²) in [7, 11) is 1.38. The smallest absolute Gasteiger partial charge is 0.344 e. The Labute approximate surface area is 184 Å². The van der Waals surface area contributed by atoms with Crippen LogP contribution >= 0.6 is 0 Å². The Kier molecular flexibility index (Phi) is 6.58. The first-order valence-electron chi connectivity index (χ1n) is 9.84.